The molecule has 42 heavy (non-hydrogen) atoms. The van der Waals surface area contributed by atoms with Crippen LogP contribution in [0, 0.1) is 0 Å². The van der Waals surface area contributed by atoms with Crippen LogP contribution in [0.5, 0.6) is 17.2 Å². The van der Waals surface area contributed by atoms with Crippen molar-refractivity contribution in [2.45, 2.75) is 18.6 Å². The number of anilines is 3. The van der Waals surface area contributed by atoms with Crippen molar-refractivity contribution in [1.29, 1.82) is 0 Å². The van der Waals surface area contributed by atoms with E-state index in [1.807, 2.05) is 31.5 Å². The molecule has 0 aliphatic carbocycles. The molecule has 1 amide bonds. The van der Waals surface area contributed by atoms with E-state index < -0.39 is 0 Å². The molecule has 14 heteroatoms. The van der Waals surface area contributed by atoms with Crippen LogP contribution < -0.4 is 35.9 Å². The molecule has 0 fully saturated rings. The second-order valence-electron chi connectivity index (χ2n) is 9.06. The van der Waals surface area contributed by atoms with Gasteiger partial charge in [-0.1, -0.05) is 21.6 Å². The molecular formula is C28H39N7O5S2. The number of carbonyl (C=O) groups is 1. The molecule has 0 aliphatic heterocycles. The van der Waals surface area contributed by atoms with E-state index in [1.54, 1.807) is 48.2 Å². The van der Waals surface area contributed by atoms with Crippen LogP contribution in [-0.2, 0) is 21.7 Å². The fourth-order valence-electron chi connectivity index (χ4n) is 3.92. The molecule has 12 nitrogen and oxygen atoms in total. The van der Waals surface area contributed by atoms with Gasteiger partial charge in [0.05, 0.1) is 33.1 Å². The summed E-state index contributed by atoms with van der Waals surface area (Å²) < 4.78 is 22.6. The third kappa shape index (κ3) is 10.3. The summed E-state index contributed by atoms with van der Waals surface area (Å²) in [5.74, 6) is 2.75. The Labute approximate surface area is 254 Å². The molecule has 5 N–H and O–H groups in total. The third-order valence-corrected chi connectivity index (χ3v) is 7.82. The molecule has 0 saturated carbocycles. The molecule has 0 unspecified atom stereocenters. The van der Waals surface area contributed by atoms with E-state index in [-0.39, 0.29) is 18.5 Å². The highest BCUT2D eigenvalue weighted by atomic mass is 33.1. The van der Waals surface area contributed by atoms with Crippen molar-refractivity contribution in [2.75, 3.05) is 76.8 Å². The van der Waals surface area contributed by atoms with E-state index in [4.69, 9.17) is 30.4 Å². The summed E-state index contributed by atoms with van der Waals surface area (Å²) in [4.78, 5) is 26.8. The number of carbonyl (C=O) groups excluding carboxylic acids is 1. The summed E-state index contributed by atoms with van der Waals surface area (Å²) in [7, 11) is 8.55. The van der Waals surface area contributed by atoms with Gasteiger partial charge < -0.3 is 40.6 Å². The summed E-state index contributed by atoms with van der Waals surface area (Å²) in [5, 5.41) is 2.89. The average Bonchev–Trinajstić information content (AvgIpc) is 2.99. The third-order valence-electron chi connectivity index (χ3n) is 6.11. The van der Waals surface area contributed by atoms with Crippen LogP contribution in [0.4, 0.5) is 17.5 Å². The summed E-state index contributed by atoms with van der Waals surface area (Å²) in [5.41, 5.74) is 15.3. The van der Waals surface area contributed by atoms with Gasteiger partial charge in [0, 0.05) is 62.4 Å². The van der Waals surface area contributed by atoms with Gasteiger partial charge in [0.2, 0.25) is 17.6 Å². The van der Waals surface area contributed by atoms with E-state index in [1.165, 1.54) is 0 Å². The predicted molar refractivity (Wildman–Crippen MR) is 169 cm³/mol. The molecule has 0 radical (unpaired) electrons. The van der Waals surface area contributed by atoms with Crippen molar-refractivity contribution >= 4 is 44.9 Å². The maximum atomic E-state index is 12.3. The number of ether oxygens (including phenoxy) is 4. The second-order valence-corrected chi connectivity index (χ2v) is 11.6. The molecule has 0 spiro atoms. The lowest BCUT2D eigenvalue weighted by atomic mass is 10.1. The van der Waals surface area contributed by atoms with E-state index in [0.717, 1.165) is 28.3 Å². The van der Waals surface area contributed by atoms with Crippen molar-refractivity contribution in [3.05, 3.63) is 53.5 Å². The Balaban J connectivity index is 1.38. The topological polar surface area (TPSA) is 160 Å². The highest BCUT2D eigenvalue weighted by molar-refractivity contribution is 8.76. The van der Waals surface area contributed by atoms with Gasteiger partial charge in [0.1, 0.15) is 12.4 Å². The minimum atomic E-state index is -0.0317. The number of aromatic nitrogens is 3. The van der Waals surface area contributed by atoms with Gasteiger partial charge in [-0.3, -0.25) is 9.78 Å². The van der Waals surface area contributed by atoms with Gasteiger partial charge in [-0.2, -0.15) is 4.98 Å². The van der Waals surface area contributed by atoms with Crippen LogP contribution in [0.15, 0.2) is 36.7 Å². The highest BCUT2D eigenvalue weighted by Crippen LogP contribution is 2.39. The van der Waals surface area contributed by atoms with Gasteiger partial charge in [-0.25, -0.2) is 4.98 Å². The molecule has 0 atom stereocenters. The quantitative estimate of drug-likeness (QED) is 0.141. The number of nitrogens with one attached hydrogen (secondary N) is 1. The first-order chi connectivity index (χ1) is 20.3. The van der Waals surface area contributed by atoms with Gasteiger partial charge in [0.25, 0.3) is 0 Å². The van der Waals surface area contributed by atoms with Gasteiger partial charge in [-0.05, 0) is 36.1 Å². The molecular weight excluding hydrogens is 578 g/mol. The number of methoxy groups -OCH3 is 2. The van der Waals surface area contributed by atoms with E-state index in [9.17, 15) is 4.79 Å². The molecule has 3 rings (SSSR count). The zero-order chi connectivity index (χ0) is 30.3. The predicted octanol–water partition coefficient (Wildman–Crippen LogP) is 3.19. The van der Waals surface area contributed by atoms with Crippen LogP contribution in [0.25, 0.3) is 0 Å². The number of rotatable bonds is 18. The Morgan fingerprint density at radius 1 is 1.07 bits per heavy atom. The largest absolute Gasteiger partial charge is 0.493 e. The zero-order valence-electron chi connectivity index (χ0n) is 24.4. The summed E-state index contributed by atoms with van der Waals surface area (Å²) in [6, 6.07) is 7.71. The monoisotopic (exact) mass is 617 g/mol. The van der Waals surface area contributed by atoms with Crippen LogP contribution in [0.1, 0.15) is 23.2 Å². The SMILES string of the molecule is COc1cc(Cc2cnc(N)nc2N)cc(OC)c1OCCOCCNC(=O)CCN(C)c1ccnc(CSSC)c1. The lowest BCUT2D eigenvalue weighted by molar-refractivity contribution is -0.121. The first-order valence-corrected chi connectivity index (χ1v) is 16.0. The Hall–Kier alpha value is -3.62. The molecule has 1 aromatic carbocycles. The van der Waals surface area contributed by atoms with Crippen LogP contribution >= 0.6 is 21.6 Å². The summed E-state index contributed by atoms with van der Waals surface area (Å²) in [6.45, 7) is 1.97. The number of amides is 1. The molecule has 0 aliphatic rings. The fourth-order valence-corrected chi connectivity index (χ4v) is 5.04. The maximum absolute atomic E-state index is 12.3. The van der Waals surface area contributed by atoms with Crippen molar-refractivity contribution in [1.82, 2.24) is 20.3 Å². The molecule has 3 aromatic rings. The van der Waals surface area contributed by atoms with E-state index in [2.05, 4.69) is 31.2 Å². The van der Waals surface area contributed by atoms with Crippen molar-refractivity contribution in [3.8, 4) is 17.2 Å². The second kappa shape index (κ2) is 17.4. The van der Waals surface area contributed by atoms with E-state index >= 15 is 0 Å². The van der Waals surface area contributed by atoms with Gasteiger partial charge in [-0.15, -0.1) is 0 Å². The average molecular weight is 618 g/mol. The summed E-state index contributed by atoms with van der Waals surface area (Å²) >= 11 is 0. The van der Waals surface area contributed by atoms with Crippen LogP contribution in [0.2, 0.25) is 0 Å². The van der Waals surface area contributed by atoms with Crippen molar-refractivity contribution in [3.63, 3.8) is 0 Å². The first-order valence-electron chi connectivity index (χ1n) is 13.2. The number of hydrogen-bond donors (Lipinski definition) is 3. The van der Waals surface area contributed by atoms with Gasteiger partial charge in [0.15, 0.2) is 11.5 Å². The molecule has 0 bridgehead atoms. The standard InChI is InChI=1S/C28H39N7O5S2/c1-35(22-5-7-31-21(16-22)18-42-41-4)9-6-25(36)32-8-10-39-11-12-40-26-23(37-2)14-19(15-24(26)38-3)13-20-17-33-28(30)34-27(20)29/h5,7,14-17H,6,8-13,18H2,1-4H3,(H,32,36)(H4,29,30,33,34). The zero-order valence-corrected chi connectivity index (χ0v) is 26.1. The Morgan fingerprint density at radius 2 is 1.83 bits per heavy atom. The lowest BCUT2D eigenvalue weighted by Gasteiger charge is -2.19. The Kier molecular flexibility index (Phi) is 13.6. The maximum Gasteiger partial charge on any atom is 0.221 e. The fraction of sp³-hybridized carbons (Fsp3) is 0.429. The molecule has 228 valence electrons. The minimum Gasteiger partial charge on any atom is -0.493 e. The van der Waals surface area contributed by atoms with Gasteiger partial charge >= 0.3 is 0 Å². The number of hydrogen-bond acceptors (Lipinski definition) is 13. The Morgan fingerprint density at radius 3 is 2.52 bits per heavy atom. The number of nitrogen functional groups attached to an aromatic ring is 2. The lowest BCUT2D eigenvalue weighted by Crippen LogP contribution is -2.31. The van der Waals surface area contributed by atoms with Crippen molar-refractivity contribution < 1.29 is 23.7 Å². The number of benzene rings is 1. The van der Waals surface area contributed by atoms with Crippen molar-refractivity contribution in [2.24, 2.45) is 0 Å². The molecule has 0 saturated heterocycles. The smallest absolute Gasteiger partial charge is 0.221 e. The number of pyridine rings is 1. The number of nitrogens with two attached hydrogens (primary N) is 2. The number of nitrogens with zero attached hydrogens (tertiary/aromatic N) is 4. The van der Waals surface area contributed by atoms with Crippen LogP contribution in [0.3, 0.4) is 0 Å². The highest BCUT2D eigenvalue weighted by Gasteiger charge is 2.16. The molecule has 2 aromatic heterocycles. The summed E-state index contributed by atoms with van der Waals surface area (Å²) in [6.07, 6.45) is 6.30. The normalized spacial score (nSPS) is 10.8. The first kappa shape index (κ1) is 32.9. The Bertz CT molecular complexity index is 1280. The minimum absolute atomic E-state index is 0.0317. The molecule has 2 heterocycles. The van der Waals surface area contributed by atoms with E-state index in [0.29, 0.717) is 62.2 Å². The van der Waals surface area contributed by atoms with Crippen LogP contribution in [-0.4, -0.2) is 81.3 Å².